The molecule has 0 aromatic rings. The Morgan fingerprint density at radius 2 is 2.20 bits per heavy atom. The highest BCUT2D eigenvalue weighted by Gasteiger charge is 2.50. The minimum absolute atomic E-state index is 0.203. The van der Waals surface area contributed by atoms with Crippen molar-refractivity contribution in [1.29, 1.82) is 0 Å². The first-order valence-electron chi connectivity index (χ1n) is 8.04. The Morgan fingerprint density at radius 3 is 2.75 bits per heavy atom. The number of carboxylic acid groups (broad SMARTS) is 1. The zero-order chi connectivity index (χ0) is 14.6. The lowest BCUT2D eigenvalue weighted by atomic mass is 9.64. The zero-order valence-corrected chi connectivity index (χ0v) is 12.8. The molecule has 2 heterocycles. The second-order valence-electron chi connectivity index (χ2n) is 6.44. The molecule has 0 amide bonds. The van der Waals surface area contributed by atoms with E-state index in [4.69, 9.17) is 9.47 Å². The summed E-state index contributed by atoms with van der Waals surface area (Å²) in [6.45, 7) is 6.20. The second kappa shape index (κ2) is 6.44. The molecular weight excluding hydrogens is 256 g/mol. The largest absolute Gasteiger partial charge is 0.481 e. The average molecular weight is 284 g/mol. The highest BCUT2D eigenvalue weighted by molar-refractivity contribution is 5.75. The molecule has 2 fully saturated rings. The van der Waals surface area contributed by atoms with Crippen molar-refractivity contribution in [3.63, 3.8) is 0 Å². The van der Waals surface area contributed by atoms with Crippen LogP contribution in [0.1, 0.15) is 58.8 Å². The SMILES string of the molecule is CCCCC(CC)(C(=O)O)C1CCOC2(CCOC2)C1. The summed E-state index contributed by atoms with van der Waals surface area (Å²) in [6.07, 6.45) is 6.16. The van der Waals surface area contributed by atoms with E-state index < -0.39 is 11.4 Å². The molecule has 4 heteroatoms. The second-order valence-corrected chi connectivity index (χ2v) is 6.44. The predicted molar refractivity (Wildman–Crippen MR) is 76.7 cm³/mol. The summed E-state index contributed by atoms with van der Waals surface area (Å²) in [5.74, 6) is -0.401. The molecule has 20 heavy (non-hydrogen) atoms. The maximum Gasteiger partial charge on any atom is 0.309 e. The van der Waals surface area contributed by atoms with Gasteiger partial charge in [0.2, 0.25) is 0 Å². The molecule has 0 aromatic carbocycles. The Kier molecular flexibility index (Phi) is 5.08. The number of carboxylic acids is 1. The summed E-state index contributed by atoms with van der Waals surface area (Å²) in [5, 5.41) is 9.86. The van der Waals surface area contributed by atoms with Gasteiger partial charge in [0.15, 0.2) is 0 Å². The van der Waals surface area contributed by atoms with Gasteiger partial charge < -0.3 is 14.6 Å². The third-order valence-corrected chi connectivity index (χ3v) is 5.37. The molecule has 3 unspecified atom stereocenters. The monoisotopic (exact) mass is 284 g/mol. The van der Waals surface area contributed by atoms with Gasteiger partial charge >= 0.3 is 5.97 Å². The van der Waals surface area contributed by atoms with Gasteiger partial charge in [0.1, 0.15) is 0 Å². The van der Waals surface area contributed by atoms with Crippen LogP contribution in [0.3, 0.4) is 0 Å². The molecule has 2 aliphatic heterocycles. The number of rotatable bonds is 6. The summed E-state index contributed by atoms with van der Waals surface area (Å²) in [7, 11) is 0. The molecule has 0 radical (unpaired) electrons. The van der Waals surface area contributed by atoms with Crippen molar-refractivity contribution in [2.75, 3.05) is 19.8 Å². The van der Waals surface area contributed by atoms with Crippen LogP contribution < -0.4 is 0 Å². The molecule has 0 aromatic heterocycles. The average Bonchev–Trinajstić information content (AvgIpc) is 2.88. The molecule has 2 saturated heterocycles. The van der Waals surface area contributed by atoms with Crippen LogP contribution in [0.5, 0.6) is 0 Å². The van der Waals surface area contributed by atoms with Gasteiger partial charge in [-0.3, -0.25) is 4.79 Å². The van der Waals surface area contributed by atoms with E-state index >= 15 is 0 Å². The van der Waals surface area contributed by atoms with Crippen molar-refractivity contribution in [2.45, 2.75) is 64.4 Å². The number of carbonyl (C=O) groups is 1. The lowest BCUT2D eigenvalue weighted by Crippen LogP contribution is -2.48. The van der Waals surface area contributed by atoms with Crippen molar-refractivity contribution in [2.24, 2.45) is 11.3 Å². The van der Waals surface area contributed by atoms with Crippen molar-refractivity contribution in [3.05, 3.63) is 0 Å². The fraction of sp³-hybridized carbons (Fsp3) is 0.938. The van der Waals surface area contributed by atoms with Crippen LogP contribution in [0.4, 0.5) is 0 Å². The van der Waals surface area contributed by atoms with Gasteiger partial charge in [-0.15, -0.1) is 0 Å². The van der Waals surface area contributed by atoms with Crippen molar-refractivity contribution < 1.29 is 19.4 Å². The maximum atomic E-state index is 12.0. The molecule has 1 N–H and O–H groups in total. The fourth-order valence-electron chi connectivity index (χ4n) is 3.96. The topological polar surface area (TPSA) is 55.8 Å². The highest BCUT2D eigenvalue weighted by atomic mass is 16.6. The number of ether oxygens (including phenoxy) is 2. The van der Waals surface area contributed by atoms with Crippen LogP contribution in [-0.2, 0) is 14.3 Å². The quantitative estimate of drug-likeness (QED) is 0.813. The molecule has 3 atom stereocenters. The van der Waals surface area contributed by atoms with Gasteiger partial charge in [-0.2, -0.15) is 0 Å². The molecule has 0 saturated carbocycles. The van der Waals surface area contributed by atoms with Crippen LogP contribution in [-0.4, -0.2) is 36.5 Å². The van der Waals surface area contributed by atoms with Crippen molar-refractivity contribution >= 4 is 5.97 Å². The van der Waals surface area contributed by atoms with Crippen molar-refractivity contribution in [1.82, 2.24) is 0 Å². The van der Waals surface area contributed by atoms with E-state index in [0.29, 0.717) is 19.6 Å². The van der Waals surface area contributed by atoms with E-state index in [9.17, 15) is 9.90 Å². The van der Waals surface area contributed by atoms with Gasteiger partial charge in [-0.05, 0) is 31.6 Å². The molecule has 2 rings (SSSR count). The third-order valence-electron chi connectivity index (χ3n) is 5.37. The summed E-state index contributed by atoms with van der Waals surface area (Å²) in [4.78, 5) is 12.0. The van der Waals surface area contributed by atoms with E-state index in [1.54, 1.807) is 0 Å². The number of hydrogen-bond donors (Lipinski definition) is 1. The minimum atomic E-state index is -0.616. The summed E-state index contributed by atoms with van der Waals surface area (Å²) >= 11 is 0. The lowest BCUT2D eigenvalue weighted by molar-refractivity contribution is -0.165. The predicted octanol–water partition coefficient (Wildman–Crippen LogP) is 3.24. The molecule has 0 bridgehead atoms. The molecule has 2 aliphatic rings. The molecule has 4 nitrogen and oxygen atoms in total. The van der Waals surface area contributed by atoms with Crippen molar-refractivity contribution in [3.8, 4) is 0 Å². The van der Waals surface area contributed by atoms with E-state index in [1.165, 1.54) is 0 Å². The molecular formula is C16H28O4. The first-order valence-corrected chi connectivity index (χ1v) is 8.04. The summed E-state index contributed by atoms with van der Waals surface area (Å²) < 4.78 is 11.5. The Bertz CT molecular complexity index is 335. The lowest BCUT2D eigenvalue weighted by Gasteiger charge is -2.45. The van der Waals surface area contributed by atoms with E-state index in [2.05, 4.69) is 6.92 Å². The van der Waals surface area contributed by atoms with E-state index in [-0.39, 0.29) is 11.5 Å². The first-order chi connectivity index (χ1) is 9.58. The third kappa shape index (κ3) is 2.86. The fourth-order valence-corrected chi connectivity index (χ4v) is 3.96. The van der Waals surface area contributed by atoms with Crippen LogP contribution in [0, 0.1) is 11.3 Å². The highest BCUT2D eigenvalue weighted by Crippen LogP contribution is 2.48. The number of unbranched alkanes of at least 4 members (excludes halogenated alkanes) is 1. The van der Waals surface area contributed by atoms with E-state index in [1.807, 2.05) is 6.92 Å². The van der Waals surface area contributed by atoms with Gasteiger partial charge in [0.05, 0.1) is 17.6 Å². The molecule has 1 spiro atoms. The van der Waals surface area contributed by atoms with Gasteiger partial charge in [-0.1, -0.05) is 26.7 Å². The number of aliphatic carboxylic acids is 1. The van der Waals surface area contributed by atoms with Crippen LogP contribution in [0.15, 0.2) is 0 Å². The standard InChI is InChI=1S/C16H28O4/c1-3-5-7-16(4-2,14(17)18)13-6-9-20-15(11-13)8-10-19-12-15/h13H,3-12H2,1-2H3,(H,17,18). The Labute approximate surface area is 121 Å². The summed E-state index contributed by atoms with van der Waals surface area (Å²) in [6, 6.07) is 0. The number of hydrogen-bond acceptors (Lipinski definition) is 3. The Morgan fingerprint density at radius 1 is 1.40 bits per heavy atom. The molecule has 116 valence electrons. The summed E-state index contributed by atoms with van der Waals surface area (Å²) in [5.41, 5.74) is -0.777. The Balaban J connectivity index is 2.17. The molecule has 0 aliphatic carbocycles. The Hall–Kier alpha value is -0.610. The normalized spacial score (nSPS) is 33.2. The maximum absolute atomic E-state index is 12.0. The van der Waals surface area contributed by atoms with Gasteiger partial charge in [0, 0.05) is 19.6 Å². The zero-order valence-electron chi connectivity index (χ0n) is 12.8. The van der Waals surface area contributed by atoms with Crippen LogP contribution in [0.25, 0.3) is 0 Å². The van der Waals surface area contributed by atoms with E-state index in [0.717, 1.165) is 45.1 Å². The van der Waals surface area contributed by atoms with Crippen LogP contribution >= 0.6 is 0 Å². The van der Waals surface area contributed by atoms with Crippen LogP contribution in [0.2, 0.25) is 0 Å². The minimum Gasteiger partial charge on any atom is -0.481 e. The van der Waals surface area contributed by atoms with Gasteiger partial charge in [-0.25, -0.2) is 0 Å². The first kappa shape index (κ1) is 15.8. The smallest absolute Gasteiger partial charge is 0.309 e. The van der Waals surface area contributed by atoms with Gasteiger partial charge in [0.25, 0.3) is 0 Å².